The van der Waals surface area contributed by atoms with E-state index in [2.05, 4.69) is 0 Å². The van der Waals surface area contributed by atoms with Crippen LogP contribution in [0, 0.1) is 5.41 Å². The van der Waals surface area contributed by atoms with Crippen molar-refractivity contribution >= 4 is 0 Å². The summed E-state index contributed by atoms with van der Waals surface area (Å²) in [6, 6.07) is 0. The van der Waals surface area contributed by atoms with Crippen molar-refractivity contribution in [1.29, 1.82) is 0 Å². The highest BCUT2D eigenvalue weighted by Crippen LogP contribution is 2.23. The van der Waals surface area contributed by atoms with E-state index < -0.39 is 24.4 Å². The molecule has 4 N–H and O–H groups in total. The first-order valence-corrected chi connectivity index (χ1v) is 4.87. The van der Waals surface area contributed by atoms with E-state index in [4.69, 9.17) is 5.11 Å². The number of aliphatic hydroxyl groups excluding tert-OH is 4. The van der Waals surface area contributed by atoms with Crippen molar-refractivity contribution in [3.63, 3.8) is 0 Å². The lowest BCUT2D eigenvalue weighted by atomic mass is 9.86. The van der Waals surface area contributed by atoms with Crippen LogP contribution in [0.4, 0.5) is 0 Å². The minimum Gasteiger partial charge on any atom is -0.391 e. The van der Waals surface area contributed by atoms with E-state index in [9.17, 15) is 15.3 Å². The van der Waals surface area contributed by atoms with Crippen molar-refractivity contribution in [3.05, 3.63) is 0 Å². The lowest BCUT2D eigenvalue weighted by molar-refractivity contribution is -0.107. The van der Waals surface area contributed by atoms with Crippen LogP contribution in [0.15, 0.2) is 0 Å². The van der Waals surface area contributed by atoms with Gasteiger partial charge in [-0.3, -0.25) is 0 Å². The molecule has 86 valence electrons. The quantitative estimate of drug-likeness (QED) is 0.517. The van der Waals surface area contributed by atoms with Crippen LogP contribution in [0.5, 0.6) is 0 Å². The first kappa shape index (κ1) is 13.8. The Hall–Kier alpha value is -0.160. The van der Waals surface area contributed by atoms with Crippen molar-refractivity contribution in [3.8, 4) is 0 Å². The average Bonchev–Trinajstić information content (AvgIpc) is 1.98. The minimum absolute atomic E-state index is 0.126. The van der Waals surface area contributed by atoms with Crippen LogP contribution in [-0.2, 0) is 0 Å². The van der Waals surface area contributed by atoms with Gasteiger partial charge >= 0.3 is 0 Å². The van der Waals surface area contributed by atoms with Crippen molar-refractivity contribution in [1.82, 2.24) is 0 Å². The molecule has 0 bridgehead atoms. The van der Waals surface area contributed by atoms with E-state index >= 15 is 0 Å². The zero-order chi connectivity index (χ0) is 11.5. The van der Waals surface area contributed by atoms with E-state index in [1.165, 1.54) is 6.92 Å². The van der Waals surface area contributed by atoms with Crippen LogP contribution in [0.3, 0.4) is 0 Å². The first-order chi connectivity index (χ1) is 6.15. The Morgan fingerprint density at radius 1 is 0.929 bits per heavy atom. The Kier molecular flexibility index (Phi) is 5.01. The highest BCUT2D eigenvalue weighted by atomic mass is 16.4. The van der Waals surface area contributed by atoms with Gasteiger partial charge in [0.05, 0.1) is 12.2 Å². The predicted octanol–water partition coefficient (Wildman–Crippen LogP) is -0.114. The maximum Gasteiger partial charge on any atom is 0.108 e. The molecular formula is C10H22O4. The molecule has 0 unspecified atom stereocenters. The predicted molar refractivity (Wildman–Crippen MR) is 53.8 cm³/mol. The summed E-state index contributed by atoms with van der Waals surface area (Å²) >= 11 is 0. The van der Waals surface area contributed by atoms with Crippen molar-refractivity contribution in [2.75, 3.05) is 0 Å². The fraction of sp³-hybridized carbons (Fsp3) is 1.00. The summed E-state index contributed by atoms with van der Waals surface area (Å²) in [5.74, 6) is 0. The third kappa shape index (κ3) is 4.91. The van der Waals surface area contributed by atoms with Crippen molar-refractivity contribution in [2.24, 2.45) is 5.41 Å². The molecule has 0 aromatic carbocycles. The Bertz CT molecular complexity index is 162. The minimum atomic E-state index is -1.30. The SMILES string of the molecule is C[C@H](O)[C@@H](O)[C@@H](O)[C@@H](O)CC(C)(C)C. The number of hydrogen-bond acceptors (Lipinski definition) is 4. The smallest absolute Gasteiger partial charge is 0.108 e. The molecule has 0 radical (unpaired) electrons. The average molecular weight is 206 g/mol. The highest BCUT2D eigenvalue weighted by molar-refractivity contribution is 4.81. The van der Waals surface area contributed by atoms with Gasteiger partial charge in [-0.15, -0.1) is 0 Å². The van der Waals surface area contributed by atoms with Gasteiger partial charge in [0.2, 0.25) is 0 Å². The van der Waals surface area contributed by atoms with Gasteiger partial charge in [0, 0.05) is 0 Å². The summed E-state index contributed by atoms with van der Waals surface area (Å²) < 4.78 is 0. The van der Waals surface area contributed by atoms with Gasteiger partial charge in [0.15, 0.2) is 0 Å². The molecule has 0 amide bonds. The van der Waals surface area contributed by atoms with Crippen LogP contribution < -0.4 is 0 Å². The molecule has 0 aromatic rings. The zero-order valence-corrected chi connectivity index (χ0v) is 9.31. The molecule has 14 heavy (non-hydrogen) atoms. The molecule has 4 heteroatoms. The monoisotopic (exact) mass is 206 g/mol. The molecule has 0 heterocycles. The van der Waals surface area contributed by atoms with Crippen LogP contribution in [0.2, 0.25) is 0 Å². The summed E-state index contributed by atoms with van der Waals surface area (Å²) in [5, 5.41) is 37.3. The molecule has 0 saturated heterocycles. The molecule has 0 rings (SSSR count). The zero-order valence-electron chi connectivity index (χ0n) is 9.31. The summed E-state index contributed by atoms with van der Waals surface area (Å²) in [6.45, 7) is 7.16. The van der Waals surface area contributed by atoms with Crippen LogP contribution >= 0.6 is 0 Å². The van der Waals surface area contributed by atoms with E-state index in [-0.39, 0.29) is 5.41 Å². The Morgan fingerprint density at radius 2 is 1.36 bits per heavy atom. The Labute approximate surface area is 85.2 Å². The largest absolute Gasteiger partial charge is 0.391 e. The van der Waals surface area contributed by atoms with E-state index in [1.807, 2.05) is 20.8 Å². The Balaban J connectivity index is 4.18. The maximum atomic E-state index is 9.55. The molecule has 0 saturated carbocycles. The number of hydrogen-bond donors (Lipinski definition) is 4. The highest BCUT2D eigenvalue weighted by Gasteiger charge is 2.30. The molecule has 0 spiro atoms. The van der Waals surface area contributed by atoms with Gasteiger partial charge < -0.3 is 20.4 Å². The second-order valence-electron chi connectivity index (χ2n) is 5.05. The molecule has 0 aliphatic rings. The molecular weight excluding hydrogens is 184 g/mol. The third-order valence-corrected chi connectivity index (χ3v) is 2.06. The maximum absolute atomic E-state index is 9.55. The van der Waals surface area contributed by atoms with Crippen molar-refractivity contribution in [2.45, 2.75) is 58.5 Å². The normalized spacial score (nSPS) is 21.4. The van der Waals surface area contributed by atoms with Gasteiger partial charge in [-0.1, -0.05) is 20.8 Å². The van der Waals surface area contributed by atoms with Crippen LogP contribution in [-0.4, -0.2) is 44.8 Å². The van der Waals surface area contributed by atoms with Crippen molar-refractivity contribution < 1.29 is 20.4 Å². The topological polar surface area (TPSA) is 80.9 Å². The fourth-order valence-electron chi connectivity index (χ4n) is 1.26. The van der Waals surface area contributed by atoms with Gasteiger partial charge in [-0.05, 0) is 18.8 Å². The fourth-order valence-corrected chi connectivity index (χ4v) is 1.26. The Morgan fingerprint density at radius 3 is 1.64 bits per heavy atom. The van der Waals surface area contributed by atoms with Gasteiger partial charge in [0.1, 0.15) is 12.2 Å². The van der Waals surface area contributed by atoms with E-state index in [0.29, 0.717) is 6.42 Å². The molecule has 0 aliphatic heterocycles. The molecule has 0 aromatic heterocycles. The lowest BCUT2D eigenvalue weighted by Crippen LogP contribution is -2.44. The summed E-state index contributed by atoms with van der Waals surface area (Å²) in [5.41, 5.74) is -0.126. The summed E-state index contributed by atoms with van der Waals surface area (Å²) in [4.78, 5) is 0. The van der Waals surface area contributed by atoms with Gasteiger partial charge in [0.25, 0.3) is 0 Å². The summed E-state index contributed by atoms with van der Waals surface area (Å²) in [7, 11) is 0. The van der Waals surface area contributed by atoms with Crippen LogP contribution in [0.25, 0.3) is 0 Å². The molecule has 4 nitrogen and oxygen atoms in total. The van der Waals surface area contributed by atoms with E-state index in [1.54, 1.807) is 0 Å². The standard InChI is InChI=1S/C10H22O4/c1-6(11)8(13)9(14)7(12)5-10(2,3)4/h6-9,11-14H,5H2,1-4H3/t6-,7-,8+,9-/m0/s1. The van der Waals surface area contributed by atoms with Gasteiger partial charge in [-0.2, -0.15) is 0 Å². The van der Waals surface area contributed by atoms with Crippen LogP contribution in [0.1, 0.15) is 34.1 Å². The molecule has 0 aliphatic carbocycles. The first-order valence-electron chi connectivity index (χ1n) is 4.87. The molecule has 0 fully saturated rings. The second kappa shape index (κ2) is 5.07. The lowest BCUT2D eigenvalue weighted by Gasteiger charge is -2.29. The van der Waals surface area contributed by atoms with E-state index in [0.717, 1.165) is 0 Å². The third-order valence-electron chi connectivity index (χ3n) is 2.06. The van der Waals surface area contributed by atoms with Gasteiger partial charge in [-0.25, -0.2) is 0 Å². The summed E-state index contributed by atoms with van der Waals surface area (Å²) in [6.07, 6.45) is -4.28. The molecule has 4 atom stereocenters. The number of aliphatic hydroxyl groups is 4. The number of rotatable bonds is 4. The second-order valence-corrected chi connectivity index (χ2v) is 5.05.